The Morgan fingerprint density at radius 3 is 2.50 bits per heavy atom. The van der Waals surface area contributed by atoms with Crippen LogP contribution in [0.15, 0.2) is 0 Å². The van der Waals surface area contributed by atoms with Crippen molar-refractivity contribution in [2.24, 2.45) is 5.92 Å². The Kier molecular flexibility index (Phi) is 3.05. The van der Waals surface area contributed by atoms with Crippen molar-refractivity contribution in [1.29, 1.82) is 0 Å². The first kappa shape index (κ1) is 8.41. The summed E-state index contributed by atoms with van der Waals surface area (Å²) in [6.07, 6.45) is 0. The van der Waals surface area contributed by atoms with Crippen molar-refractivity contribution in [1.82, 2.24) is 5.32 Å². The van der Waals surface area contributed by atoms with Crippen molar-refractivity contribution >= 4 is 11.8 Å². The molecule has 1 aliphatic heterocycles. The van der Waals surface area contributed by atoms with E-state index < -0.39 is 0 Å². The molecule has 1 saturated heterocycles. The molecule has 1 nitrogen and oxygen atoms in total. The molecule has 0 aromatic heterocycles. The Hall–Kier alpha value is 0.310. The van der Waals surface area contributed by atoms with Crippen molar-refractivity contribution in [3.8, 4) is 0 Å². The van der Waals surface area contributed by atoms with Crippen molar-refractivity contribution in [3.05, 3.63) is 0 Å². The van der Waals surface area contributed by atoms with Gasteiger partial charge in [-0.05, 0) is 11.7 Å². The Morgan fingerprint density at radius 1 is 1.40 bits per heavy atom. The van der Waals surface area contributed by atoms with E-state index in [-0.39, 0.29) is 0 Å². The van der Waals surface area contributed by atoms with Gasteiger partial charge in [-0.2, -0.15) is 11.8 Å². The monoisotopic (exact) mass is 159 g/mol. The minimum absolute atomic E-state index is 0.645. The summed E-state index contributed by atoms with van der Waals surface area (Å²) >= 11 is 2.07. The molecule has 0 bridgehead atoms. The molecule has 2 unspecified atom stereocenters. The molecule has 1 aliphatic rings. The summed E-state index contributed by atoms with van der Waals surface area (Å²) in [5.41, 5.74) is 0. The van der Waals surface area contributed by atoms with Gasteiger partial charge in [0.2, 0.25) is 0 Å². The van der Waals surface area contributed by atoms with Gasteiger partial charge in [-0.3, -0.25) is 0 Å². The first-order valence-corrected chi connectivity index (χ1v) is 5.19. The summed E-state index contributed by atoms with van der Waals surface area (Å²) < 4.78 is 0. The molecule has 0 radical (unpaired) electrons. The van der Waals surface area contributed by atoms with E-state index >= 15 is 0 Å². The molecule has 0 saturated carbocycles. The molecular formula is C8H17NS. The van der Waals surface area contributed by atoms with Crippen molar-refractivity contribution < 1.29 is 0 Å². The van der Waals surface area contributed by atoms with Crippen LogP contribution in [0.4, 0.5) is 0 Å². The van der Waals surface area contributed by atoms with E-state index in [1.165, 1.54) is 11.5 Å². The van der Waals surface area contributed by atoms with Crippen LogP contribution in [0.2, 0.25) is 0 Å². The topological polar surface area (TPSA) is 12.0 Å². The van der Waals surface area contributed by atoms with Crippen LogP contribution in [0.3, 0.4) is 0 Å². The van der Waals surface area contributed by atoms with Crippen molar-refractivity contribution in [3.63, 3.8) is 0 Å². The molecule has 2 atom stereocenters. The van der Waals surface area contributed by atoms with Crippen LogP contribution < -0.4 is 5.32 Å². The highest BCUT2D eigenvalue weighted by molar-refractivity contribution is 7.99. The Morgan fingerprint density at radius 2 is 2.10 bits per heavy atom. The fourth-order valence-electron chi connectivity index (χ4n) is 1.30. The Balaban J connectivity index is 2.26. The zero-order valence-electron chi connectivity index (χ0n) is 7.05. The summed E-state index contributed by atoms with van der Waals surface area (Å²) in [7, 11) is 0. The van der Waals surface area contributed by atoms with Crippen LogP contribution in [0.25, 0.3) is 0 Å². The Bertz CT molecular complexity index is 103. The highest BCUT2D eigenvalue weighted by Gasteiger charge is 2.23. The zero-order chi connectivity index (χ0) is 7.56. The van der Waals surface area contributed by atoms with Gasteiger partial charge in [0.1, 0.15) is 0 Å². The van der Waals surface area contributed by atoms with Crippen LogP contribution in [0.5, 0.6) is 0 Å². The molecule has 0 spiro atoms. The molecule has 0 amide bonds. The summed E-state index contributed by atoms with van der Waals surface area (Å²) in [4.78, 5) is 0. The molecule has 0 aliphatic carbocycles. The van der Waals surface area contributed by atoms with Crippen LogP contribution in [-0.2, 0) is 0 Å². The van der Waals surface area contributed by atoms with Gasteiger partial charge in [-0.25, -0.2) is 0 Å². The molecule has 1 heterocycles. The number of thioether (sulfide) groups is 1. The minimum Gasteiger partial charge on any atom is -0.311 e. The quantitative estimate of drug-likeness (QED) is 0.658. The van der Waals surface area contributed by atoms with Gasteiger partial charge < -0.3 is 5.32 Å². The summed E-state index contributed by atoms with van der Waals surface area (Å²) in [6.45, 7) is 6.77. The number of rotatable bonds is 2. The normalized spacial score (nSPS) is 33.6. The SMILES string of the molecule is CC(C)NC1CSCC1C. The average Bonchev–Trinajstić information content (AvgIpc) is 2.15. The minimum atomic E-state index is 0.645. The first-order chi connectivity index (χ1) is 4.70. The van der Waals surface area contributed by atoms with Gasteiger partial charge in [0.25, 0.3) is 0 Å². The van der Waals surface area contributed by atoms with Gasteiger partial charge in [0, 0.05) is 17.8 Å². The van der Waals surface area contributed by atoms with E-state index in [4.69, 9.17) is 0 Å². The van der Waals surface area contributed by atoms with Crippen LogP contribution in [0, 0.1) is 5.92 Å². The number of nitrogens with one attached hydrogen (secondary N) is 1. The van der Waals surface area contributed by atoms with Gasteiger partial charge in [-0.1, -0.05) is 20.8 Å². The zero-order valence-corrected chi connectivity index (χ0v) is 7.87. The van der Waals surface area contributed by atoms with E-state index in [1.807, 2.05) is 0 Å². The molecule has 1 fully saturated rings. The van der Waals surface area contributed by atoms with Crippen molar-refractivity contribution in [2.75, 3.05) is 11.5 Å². The molecule has 10 heavy (non-hydrogen) atoms. The summed E-state index contributed by atoms with van der Waals surface area (Å²) in [6, 6.07) is 1.41. The Labute approximate surface area is 68.0 Å². The summed E-state index contributed by atoms with van der Waals surface area (Å²) in [5.74, 6) is 3.51. The lowest BCUT2D eigenvalue weighted by Gasteiger charge is -2.18. The average molecular weight is 159 g/mol. The maximum absolute atomic E-state index is 3.57. The second-order valence-corrected chi connectivity index (χ2v) is 4.52. The summed E-state index contributed by atoms with van der Waals surface area (Å²) in [5, 5.41) is 3.57. The van der Waals surface area contributed by atoms with E-state index in [9.17, 15) is 0 Å². The maximum Gasteiger partial charge on any atom is 0.0194 e. The molecule has 1 rings (SSSR count). The molecule has 2 heteroatoms. The second-order valence-electron chi connectivity index (χ2n) is 3.44. The van der Waals surface area contributed by atoms with E-state index in [2.05, 4.69) is 37.8 Å². The fourth-order valence-corrected chi connectivity index (χ4v) is 2.72. The molecular weight excluding hydrogens is 142 g/mol. The smallest absolute Gasteiger partial charge is 0.0194 e. The van der Waals surface area contributed by atoms with Gasteiger partial charge in [-0.15, -0.1) is 0 Å². The lowest BCUT2D eigenvalue weighted by Crippen LogP contribution is -2.38. The van der Waals surface area contributed by atoms with E-state index in [1.54, 1.807) is 0 Å². The highest BCUT2D eigenvalue weighted by atomic mass is 32.2. The number of hydrogen-bond acceptors (Lipinski definition) is 2. The highest BCUT2D eigenvalue weighted by Crippen LogP contribution is 2.23. The van der Waals surface area contributed by atoms with Crippen LogP contribution >= 0.6 is 11.8 Å². The largest absolute Gasteiger partial charge is 0.311 e. The standard InChI is InChI=1S/C8H17NS/c1-6(2)9-8-5-10-4-7(8)3/h6-9H,4-5H2,1-3H3. The third kappa shape index (κ3) is 2.17. The van der Waals surface area contributed by atoms with Gasteiger partial charge in [0.15, 0.2) is 0 Å². The second kappa shape index (κ2) is 3.63. The molecule has 0 aromatic rings. The van der Waals surface area contributed by atoms with Crippen molar-refractivity contribution in [2.45, 2.75) is 32.9 Å². The third-order valence-corrected chi connectivity index (χ3v) is 3.27. The number of hydrogen-bond donors (Lipinski definition) is 1. The van der Waals surface area contributed by atoms with Gasteiger partial charge in [0.05, 0.1) is 0 Å². The lowest BCUT2D eigenvalue weighted by molar-refractivity contribution is 0.418. The van der Waals surface area contributed by atoms with Crippen LogP contribution in [0.1, 0.15) is 20.8 Å². The predicted molar refractivity (Wildman–Crippen MR) is 48.5 cm³/mol. The van der Waals surface area contributed by atoms with Gasteiger partial charge >= 0.3 is 0 Å². The van der Waals surface area contributed by atoms with Crippen LogP contribution in [-0.4, -0.2) is 23.6 Å². The first-order valence-electron chi connectivity index (χ1n) is 4.04. The third-order valence-electron chi connectivity index (χ3n) is 1.91. The molecule has 0 aromatic carbocycles. The fraction of sp³-hybridized carbons (Fsp3) is 1.00. The van der Waals surface area contributed by atoms with E-state index in [0.717, 1.165) is 12.0 Å². The maximum atomic E-state index is 3.57. The molecule has 60 valence electrons. The van der Waals surface area contributed by atoms with E-state index in [0.29, 0.717) is 6.04 Å². The predicted octanol–water partition coefficient (Wildman–Crippen LogP) is 1.74. The lowest BCUT2D eigenvalue weighted by atomic mass is 10.1. The molecule has 1 N–H and O–H groups in total.